The number of benzene rings is 1. The largest absolute Gasteiger partial charge is 1.00 e. The van der Waals surface area contributed by atoms with E-state index in [1.165, 1.54) is 57.8 Å². The van der Waals surface area contributed by atoms with E-state index in [1.807, 2.05) is 6.07 Å². The molecule has 0 amide bonds. The van der Waals surface area contributed by atoms with E-state index in [4.69, 9.17) is 0 Å². The predicted molar refractivity (Wildman–Crippen MR) is 99.3 cm³/mol. The van der Waals surface area contributed by atoms with Crippen LogP contribution in [-0.4, -0.2) is 13.0 Å². The van der Waals surface area contributed by atoms with Crippen LogP contribution in [0, 0.1) is 6.92 Å². The summed E-state index contributed by atoms with van der Waals surface area (Å²) in [7, 11) is -4.38. The molecule has 0 unspecified atom stereocenters. The second-order valence-corrected chi connectivity index (χ2v) is 8.12. The van der Waals surface area contributed by atoms with Crippen molar-refractivity contribution in [3.63, 3.8) is 0 Å². The molecular formula is C20H33NaO3S. The average Bonchev–Trinajstić information content (AvgIpc) is 2.51. The Morgan fingerprint density at radius 3 is 1.80 bits per heavy atom. The Bertz CT molecular complexity index is 570. The molecule has 0 N–H and O–H groups in total. The van der Waals surface area contributed by atoms with E-state index in [2.05, 4.69) is 6.92 Å². The summed E-state index contributed by atoms with van der Waals surface area (Å²) in [5.41, 5.74) is 1.24. The molecule has 1 aromatic rings. The Labute approximate surface area is 177 Å². The van der Waals surface area contributed by atoms with Crippen LogP contribution in [0.15, 0.2) is 23.1 Å². The first-order valence-electron chi connectivity index (χ1n) is 9.51. The summed E-state index contributed by atoms with van der Waals surface area (Å²) >= 11 is 0. The van der Waals surface area contributed by atoms with E-state index < -0.39 is 10.1 Å². The van der Waals surface area contributed by atoms with Crippen molar-refractivity contribution in [1.29, 1.82) is 0 Å². The summed E-state index contributed by atoms with van der Waals surface area (Å²) in [6, 6.07) is 5.29. The zero-order valence-corrected chi connectivity index (χ0v) is 19.2. The minimum Gasteiger partial charge on any atom is -0.744 e. The Hall–Kier alpha value is 0.130. The van der Waals surface area contributed by atoms with Crippen molar-refractivity contribution in [3.05, 3.63) is 29.3 Å². The second-order valence-electron chi connectivity index (χ2n) is 6.80. The Morgan fingerprint density at radius 2 is 1.32 bits per heavy atom. The van der Waals surface area contributed by atoms with Crippen LogP contribution in [0.4, 0.5) is 0 Å². The van der Waals surface area contributed by atoms with Gasteiger partial charge in [-0.2, -0.15) is 0 Å². The summed E-state index contributed by atoms with van der Waals surface area (Å²) in [6.45, 7) is 3.93. The minimum atomic E-state index is -4.38. The molecule has 5 heteroatoms. The van der Waals surface area contributed by atoms with Crippen LogP contribution < -0.4 is 29.6 Å². The summed E-state index contributed by atoms with van der Waals surface area (Å²) in [5, 5.41) is 0. The van der Waals surface area contributed by atoms with Crippen LogP contribution in [0.5, 0.6) is 0 Å². The van der Waals surface area contributed by atoms with E-state index in [-0.39, 0.29) is 34.5 Å². The number of rotatable bonds is 13. The van der Waals surface area contributed by atoms with Gasteiger partial charge >= 0.3 is 29.6 Å². The van der Waals surface area contributed by atoms with E-state index in [0.717, 1.165) is 12.8 Å². The number of aryl methyl sites for hydroxylation is 2. The van der Waals surface area contributed by atoms with Crippen LogP contribution in [0.2, 0.25) is 0 Å². The van der Waals surface area contributed by atoms with Gasteiger partial charge in [-0.05, 0) is 30.9 Å². The summed E-state index contributed by atoms with van der Waals surface area (Å²) in [5.74, 6) is 0. The molecule has 0 atom stereocenters. The van der Waals surface area contributed by atoms with Crippen molar-refractivity contribution in [2.75, 3.05) is 0 Å². The van der Waals surface area contributed by atoms with Crippen LogP contribution in [0.1, 0.15) is 88.7 Å². The average molecular weight is 377 g/mol. The third kappa shape index (κ3) is 10.8. The van der Waals surface area contributed by atoms with Crippen molar-refractivity contribution in [2.45, 2.75) is 95.8 Å². The van der Waals surface area contributed by atoms with Crippen LogP contribution in [0.3, 0.4) is 0 Å². The van der Waals surface area contributed by atoms with Gasteiger partial charge in [-0.1, -0.05) is 89.3 Å². The minimum absolute atomic E-state index is 0. The van der Waals surface area contributed by atoms with Crippen molar-refractivity contribution in [3.8, 4) is 0 Å². The van der Waals surface area contributed by atoms with Gasteiger partial charge in [0.05, 0.1) is 4.90 Å². The normalized spacial score (nSPS) is 11.3. The second kappa shape index (κ2) is 14.2. The third-order valence-electron chi connectivity index (χ3n) is 4.59. The van der Waals surface area contributed by atoms with E-state index in [0.29, 0.717) is 17.5 Å². The molecule has 1 rings (SSSR count). The van der Waals surface area contributed by atoms with Crippen molar-refractivity contribution < 1.29 is 42.5 Å². The molecule has 0 fully saturated rings. The van der Waals surface area contributed by atoms with Gasteiger partial charge in [0.25, 0.3) is 0 Å². The van der Waals surface area contributed by atoms with Crippen molar-refractivity contribution in [1.82, 2.24) is 0 Å². The molecule has 0 aromatic heterocycles. The van der Waals surface area contributed by atoms with Gasteiger partial charge in [-0.3, -0.25) is 0 Å². The molecule has 0 aliphatic rings. The Morgan fingerprint density at radius 1 is 0.840 bits per heavy atom. The third-order valence-corrected chi connectivity index (χ3v) is 5.68. The van der Waals surface area contributed by atoms with Gasteiger partial charge in [0.1, 0.15) is 10.1 Å². The Kier molecular flexibility index (Phi) is 14.3. The maximum atomic E-state index is 11.4. The first-order valence-corrected chi connectivity index (χ1v) is 10.9. The summed E-state index contributed by atoms with van der Waals surface area (Å²) < 4.78 is 34.3. The van der Waals surface area contributed by atoms with Gasteiger partial charge in [0.15, 0.2) is 0 Å². The van der Waals surface area contributed by atoms with Gasteiger partial charge < -0.3 is 4.55 Å². The van der Waals surface area contributed by atoms with E-state index in [9.17, 15) is 13.0 Å². The SMILES string of the molecule is CCCCCCCCCCCCCc1cccc(C)c1S(=O)(=O)[O-].[Na+]. The molecule has 0 spiro atoms. The maximum Gasteiger partial charge on any atom is 1.00 e. The van der Waals surface area contributed by atoms with Crippen LogP contribution in [0.25, 0.3) is 0 Å². The monoisotopic (exact) mass is 376 g/mol. The van der Waals surface area contributed by atoms with Gasteiger partial charge in [0.2, 0.25) is 0 Å². The molecule has 0 bridgehead atoms. The first-order chi connectivity index (χ1) is 11.5. The van der Waals surface area contributed by atoms with E-state index >= 15 is 0 Å². The van der Waals surface area contributed by atoms with Gasteiger partial charge in [0, 0.05) is 0 Å². The van der Waals surface area contributed by atoms with E-state index in [1.54, 1.807) is 19.1 Å². The number of hydrogen-bond donors (Lipinski definition) is 0. The summed E-state index contributed by atoms with van der Waals surface area (Å²) in [4.78, 5) is -0.00270. The fourth-order valence-corrected chi connectivity index (χ4v) is 4.20. The fraction of sp³-hybridized carbons (Fsp3) is 0.700. The zero-order chi connectivity index (χ0) is 17.8. The fourth-order valence-electron chi connectivity index (χ4n) is 3.25. The molecule has 1 aromatic carbocycles. The molecule has 0 saturated heterocycles. The van der Waals surface area contributed by atoms with Crippen LogP contribution >= 0.6 is 0 Å². The molecule has 0 aliphatic heterocycles. The summed E-state index contributed by atoms with van der Waals surface area (Å²) in [6.07, 6.45) is 14.6. The smallest absolute Gasteiger partial charge is 0.744 e. The molecule has 0 radical (unpaired) electrons. The zero-order valence-electron chi connectivity index (χ0n) is 16.4. The standard InChI is InChI=1S/C20H34O3S.Na/c1-3-4-5-6-7-8-9-10-11-12-13-16-19-17-14-15-18(2)20(19)24(21,22)23;/h14-15,17H,3-13,16H2,1-2H3,(H,21,22,23);/q;+1/p-1. The van der Waals surface area contributed by atoms with Gasteiger partial charge in [-0.25, -0.2) is 8.42 Å². The van der Waals surface area contributed by atoms with Crippen molar-refractivity contribution >= 4 is 10.1 Å². The molecule has 0 aliphatic carbocycles. The maximum absolute atomic E-state index is 11.4. The number of unbranched alkanes of at least 4 members (excludes halogenated alkanes) is 10. The molecule has 0 saturated carbocycles. The predicted octanol–water partition coefficient (Wildman–Crippen LogP) is 2.76. The van der Waals surface area contributed by atoms with Crippen molar-refractivity contribution in [2.24, 2.45) is 0 Å². The molecule has 3 nitrogen and oxygen atoms in total. The molecule has 0 heterocycles. The number of hydrogen-bond acceptors (Lipinski definition) is 3. The molecular weight excluding hydrogens is 343 g/mol. The Balaban J connectivity index is 0.00000576. The van der Waals surface area contributed by atoms with Crippen LogP contribution in [-0.2, 0) is 16.5 Å². The quantitative estimate of drug-likeness (QED) is 0.302. The molecule has 138 valence electrons. The topological polar surface area (TPSA) is 57.2 Å². The first kappa shape index (κ1) is 25.1. The van der Waals surface area contributed by atoms with Gasteiger partial charge in [-0.15, -0.1) is 0 Å². The molecule has 25 heavy (non-hydrogen) atoms.